The number of rotatable bonds is 34. The van der Waals surface area contributed by atoms with E-state index >= 15 is 0 Å². The van der Waals surface area contributed by atoms with Crippen molar-refractivity contribution < 1.29 is 18.5 Å². The Morgan fingerprint density at radius 3 is 0.780 bits per heavy atom. The molecular formula is C37H74MoNS2. The van der Waals surface area contributed by atoms with Crippen LogP contribution in [0.5, 0.6) is 0 Å². The van der Waals surface area contributed by atoms with Crippen molar-refractivity contribution in [2.45, 2.75) is 219 Å². The molecule has 0 bridgehead atoms. The van der Waals surface area contributed by atoms with Crippen molar-refractivity contribution >= 4 is 26.0 Å². The van der Waals surface area contributed by atoms with Gasteiger partial charge in [-0.3, -0.25) is 0 Å². The van der Waals surface area contributed by atoms with Crippen molar-refractivity contribution in [3.05, 3.63) is 0 Å². The molecule has 0 aliphatic heterocycles. The molecule has 0 radical (unpaired) electrons. The molecule has 0 unspecified atom stereocenters. The normalized spacial score (nSPS) is 11.4. The average molecular weight is 693 g/mol. The topological polar surface area (TPSA) is 3.24 Å². The van der Waals surface area contributed by atoms with E-state index in [1.54, 1.807) is 9.47 Å². The fourth-order valence-electron chi connectivity index (χ4n) is 6.05. The molecule has 0 atom stereocenters. The second-order valence-electron chi connectivity index (χ2n) is 12.9. The van der Waals surface area contributed by atoms with Crippen molar-refractivity contribution in [3.63, 3.8) is 0 Å². The van der Waals surface area contributed by atoms with Gasteiger partial charge in [0.25, 0.3) is 0 Å². The van der Waals surface area contributed by atoms with Crippen LogP contribution in [-0.2, 0) is 18.5 Å². The number of hydrogen-bond donors (Lipinski definition) is 0. The van der Waals surface area contributed by atoms with Gasteiger partial charge in [0.15, 0.2) is 0 Å². The molecule has 41 heavy (non-hydrogen) atoms. The molecule has 0 aromatic heterocycles. The van der Waals surface area contributed by atoms with E-state index in [9.17, 15) is 0 Å². The van der Waals surface area contributed by atoms with Crippen LogP contribution in [0.1, 0.15) is 219 Å². The Morgan fingerprint density at radius 1 is 0.390 bits per heavy atom. The molecule has 0 aliphatic rings. The molecule has 0 aromatic carbocycles. The summed E-state index contributed by atoms with van der Waals surface area (Å²) in [5, 5.41) is 0. The Bertz CT molecular complexity index is 465. The average Bonchev–Trinajstić information content (AvgIpc) is 2.99. The Balaban J connectivity index is 3.48. The van der Waals surface area contributed by atoms with Crippen molar-refractivity contribution in [2.24, 2.45) is 0 Å². The van der Waals surface area contributed by atoms with Crippen molar-refractivity contribution in [3.8, 4) is 0 Å². The molecule has 0 spiro atoms. The Kier molecular flexibility index (Phi) is 38.0. The molecule has 0 saturated carbocycles. The molecule has 0 fully saturated rings. The van der Waals surface area contributed by atoms with Crippen LogP contribution < -0.4 is 0 Å². The van der Waals surface area contributed by atoms with Gasteiger partial charge in [0.2, 0.25) is 0 Å². The van der Waals surface area contributed by atoms with Crippen LogP contribution in [0, 0.1) is 0 Å². The van der Waals surface area contributed by atoms with Gasteiger partial charge in [0.1, 0.15) is 0 Å². The SMILES string of the molecule is CCCCCCCCCCCCCCCCCCN(CCCCCCCCCCCCCCCCCC)C(=S)[S][Mo]. The maximum absolute atomic E-state index is 5.69. The zero-order valence-corrected chi connectivity index (χ0v) is 31.9. The summed E-state index contributed by atoms with van der Waals surface area (Å²) >= 11 is 7.76. The van der Waals surface area contributed by atoms with Crippen LogP contribution in [0.15, 0.2) is 0 Å². The van der Waals surface area contributed by atoms with Gasteiger partial charge >= 0.3 is 165 Å². The predicted octanol–water partition coefficient (Wildman–Crippen LogP) is 14.3. The third kappa shape index (κ3) is 33.7. The maximum atomic E-state index is 5.69. The molecule has 0 rings (SSSR count). The van der Waals surface area contributed by atoms with E-state index < -0.39 is 0 Å². The predicted molar refractivity (Wildman–Crippen MR) is 191 cm³/mol. The zero-order chi connectivity index (χ0) is 29.9. The third-order valence-electron chi connectivity index (χ3n) is 8.89. The molecule has 0 amide bonds. The molecule has 0 heterocycles. The summed E-state index contributed by atoms with van der Waals surface area (Å²) in [5.41, 5.74) is 0. The first-order valence-corrected chi connectivity index (χ1v) is 22.5. The van der Waals surface area contributed by atoms with Crippen LogP contribution in [0.25, 0.3) is 0 Å². The molecule has 0 saturated heterocycles. The van der Waals surface area contributed by atoms with Gasteiger partial charge in [-0.05, 0) is 0 Å². The monoisotopic (exact) mass is 694 g/mol. The summed E-state index contributed by atoms with van der Waals surface area (Å²) in [6, 6.07) is 0. The first-order chi connectivity index (χ1) is 20.3. The summed E-state index contributed by atoms with van der Waals surface area (Å²) in [5.74, 6) is 0. The fourth-order valence-corrected chi connectivity index (χ4v) is 7.30. The first kappa shape index (κ1) is 41.9. The second-order valence-corrected chi connectivity index (χ2v) is 15.4. The molecule has 0 aromatic rings. The van der Waals surface area contributed by atoms with E-state index in [2.05, 4.69) is 37.3 Å². The summed E-state index contributed by atoms with van der Waals surface area (Å²) in [4.78, 5) is 2.51. The Morgan fingerprint density at radius 2 is 0.585 bits per heavy atom. The van der Waals surface area contributed by atoms with E-state index in [4.69, 9.17) is 12.2 Å². The van der Waals surface area contributed by atoms with Gasteiger partial charge in [0.05, 0.1) is 0 Å². The van der Waals surface area contributed by atoms with E-state index in [0.29, 0.717) is 0 Å². The van der Waals surface area contributed by atoms with Crippen molar-refractivity contribution in [1.29, 1.82) is 0 Å². The van der Waals surface area contributed by atoms with E-state index in [1.807, 2.05) is 0 Å². The summed E-state index contributed by atoms with van der Waals surface area (Å²) in [6.45, 7) is 6.97. The van der Waals surface area contributed by atoms with Crippen molar-refractivity contribution in [1.82, 2.24) is 4.90 Å². The van der Waals surface area contributed by atoms with E-state index in [-0.39, 0.29) is 0 Å². The number of thiocarbonyl (C=S) groups is 1. The molecule has 1 nitrogen and oxygen atoms in total. The Hall–Kier alpha value is 0.928. The quantitative estimate of drug-likeness (QED) is 0.0375. The number of nitrogens with zero attached hydrogens (tertiary/aromatic N) is 1. The van der Waals surface area contributed by atoms with Crippen LogP contribution >= 0.6 is 21.7 Å². The molecule has 245 valence electrons. The van der Waals surface area contributed by atoms with Crippen LogP contribution in [-0.4, -0.2) is 22.3 Å². The first-order valence-electron chi connectivity index (χ1n) is 18.8. The van der Waals surface area contributed by atoms with E-state index in [0.717, 1.165) is 4.32 Å². The number of hydrogen-bond acceptors (Lipinski definition) is 2. The standard InChI is InChI=1S/C37H75NS2.Mo/c1-3-5-7-9-11-13-15-17-19-21-23-25-27-29-31-33-35-38(37(39)40)36-34-32-30-28-26-24-22-20-18-16-14-12-10-8-6-4-2;/h3-36H2,1-2H3,(H,39,40);/q;+1/p-1. The molecule has 0 aliphatic carbocycles. The van der Waals surface area contributed by atoms with Crippen LogP contribution in [0.2, 0.25) is 0 Å². The minimum absolute atomic E-state index is 1.12. The van der Waals surface area contributed by atoms with Gasteiger partial charge in [-0.2, -0.15) is 0 Å². The second kappa shape index (κ2) is 37.1. The van der Waals surface area contributed by atoms with E-state index in [1.165, 1.54) is 219 Å². The van der Waals surface area contributed by atoms with Crippen LogP contribution in [0.4, 0.5) is 0 Å². The van der Waals surface area contributed by atoms with Gasteiger partial charge in [-0.15, -0.1) is 0 Å². The number of unbranched alkanes of at least 4 members (excludes halogenated alkanes) is 30. The minimum atomic E-state index is 1.12. The van der Waals surface area contributed by atoms with Gasteiger partial charge in [-0.25, -0.2) is 0 Å². The fraction of sp³-hybridized carbons (Fsp3) is 0.973. The van der Waals surface area contributed by atoms with Crippen molar-refractivity contribution in [2.75, 3.05) is 13.1 Å². The zero-order valence-electron chi connectivity index (χ0n) is 28.2. The van der Waals surface area contributed by atoms with Gasteiger partial charge in [0, 0.05) is 0 Å². The molecular weight excluding hydrogens is 618 g/mol. The Labute approximate surface area is 280 Å². The summed E-state index contributed by atoms with van der Waals surface area (Å²) in [6.07, 6.45) is 46.0. The third-order valence-corrected chi connectivity index (χ3v) is 11.8. The van der Waals surface area contributed by atoms with Crippen LogP contribution in [0.3, 0.4) is 0 Å². The van der Waals surface area contributed by atoms with Gasteiger partial charge in [-0.1, -0.05) is 117 Å². The molecule has 4 heteroatoms. The molecule has 0 N–H and O–H groups in total. The van der Waals surface area contributed by atoms with Gasteiger partial charge < -0.3 is 0 Å². The summed E-state index contributed by atoms with van der Waals surface area (Å²) < 4.78 is 1.12. The summed E-state index contributed by atoms with van der Waals surface area (Å²) in [7, 11) is 1.78.